The van der Waals surface area contributed by atoms with Crippen LogP contribution in [0.4, 0.5) is 5.69 Å². The Kier molecular flexibility index (Phi) is 4.11. The number of hydrogen-bond acceptors (Lipinski definition) is 3. The van der Waals surface area contributed by atoms with Crippen molar-refractivity contribution in [2.45, 2.75) is 13.3 Å². The minimum atomic E-state index is -0.246. The van der Waals surface area contributed by atoms with E-state index in [0.29, 0.717) is 11.6 Å². The lowest BCUT2D eigenvalue weighted by Gasteiger charge is -2.03. The number of benzene rings is 2. The Balaban J connectivity index is 1.96. The smallest absolute Gasteiger partial charge is 0.239 e. The van der Waals surface area contributed by atoms with Gasteiger partial charge in [0.25, 0.3) is 0 Å². The molecule has 0 aliphatic carbocycles. The lowest BCUT2D eigenvalue weighted by molar-refractivity contribution is -0.113. The van der Waals surface area contributed by atoms with Crippen molar-refractivity contribution in [1.82, 2.24) is 4.98 Å². The maximum absolute atomic E-state index is 11.4. The summed E-state index contributed by atoms with van der Waals surface area (Å²) in [6.07, 6.45) is 0.956. The van der Waals surface area contributed by atoms with E-state index in [4.69, 9.17) is 16.0 Å². The molecule has 4 nitrogen and oxygen atoms in total. The zero-order valence-electron chi connectivity index (χ0n) is 12.1. The minimum Gasteiger partial charge on any atom is -0.436 e. The van der Waals surface area contributed by atoms with Gasteiger partial charge in [-0.15, -0.1) is 11.6 Å². The molecule has 0 saturated carbocycles. The van der Waals surface area contributed by atoms with Crippen molar-refractivity contribution in [3.63, 3.8) is 0 Å². The van der Waals surface area contributed by atoms with E-state index < -0.39 is 0 Å². The van der Waals surface area contributed by atoms with Gasteiger partial charge in [-0.2, -0.15) is 0 Å². The number of carbonyl (C=O) groups excluding carboxylic acids is 1. The molecular weight excluding hydrogens is 300 g/mol. The van der Waals surface area contributed by atoms with Gasteiger partial charge in [-0.3, -0.25) is 4.79 Å². The number of nitrogens with zero attached hydrogens (tertiary/aromatic N) is 1. The first kappa shape index (κ1) is 14.6. The number of fused-ring (bicyclic) bond motifs is 1. The average molecular weight is 315 g/mol. The maximum Gasteiger partial charge on any atom is 0.239 e. The lowest BCUT2D eigenvalue weighted by atomic mass is 10.1. The Morgan fingerprint density at radius 1 is 1.27 bits per heavy atom. The van der Waals surface area contributed by atoms with Crippen LogP contribution < -0.4 is 5.32 Å². The molecule has 5 heteroatoms. The van der Waals surface area contributed by atoms with E-state index in [2.05, 4.69) is 17.2 Å². The first-order chi connectivity index (χ1) is 10.7. The van der Waals surface area contributed by atoms with Crippen LogP contribution in [0.15, 0.2) is 46.9 Å². The van der Waals surface area contributed by atoms with Gasteiger partial charge in [0.1, 0.15) is 11.4 Å². The zero-order valence-corrected chi connectivity index (χ0v) is 12.9. The topological polar surface area (TPSA) is 55.1 Å². The van der Waals surface area contributed by atoms with Crippen molar-refractivity contribution in [3.05, 3.63) is 48.0 Å². The first-order valence-electron chi connectivity index (χ1n) is 7.05. The third kappa shape index (κ3) is 2.97. The Hall–Kier alpha value is -2.33. The van der Waals surface area contributed by atoms with Crippen LogP contribution in [-0.4, -0.2) is 16.8 Å². The van der Waals surface area contributed by atoms with E-state index in [1.165, 1.54) is 5.56 Å². The number of hydrogen-bond donors (Lipinski definition) is 1. The van der Waals surface area contributed by atoms with E-state index >= 15 is 0 Å². The van der Waals surface area contributed by atoms with E-state index in [1.54, 1.807) is 6.07 Å². The van der Waals surface area contributed by atoms with Crippen molar-refractivity contribution in [1.29, 1.82) is 0 Å². The maximum atomic E-state index is 11.4. The molecule has 0 spiro atoms. The Bertz CT molecular complexity index is 826. The summed E-state index contributed by atoms with van der Waals surface area (Å²) >= 11 is 5.50. The highest BCUT2D eigenvalue weighted by atomic mass is 35.5. The fraction of sp³-hybridized carbons (Fsp3) is 0.176. The van der Waals surface area contributed by atoms with Crippen LogP contribution in [0.2, 0.25) is 0 Å². The summed E-state index contributed by atoms with van der Waals surface area (Å²) in [5.41, 5.74) is 4.28. The molecule has 1 amide bonds. The van der Waals surface area contributed by atoms with Gasteiger partial charge < -0.3 is 9.73 Å². The average Bonchev–Trinajstić information content (AvgIpc) is 2.98. The fourth-order valence-electron chi connectivity index (χ4n) is 2.24. The number of rotatable bonds is 4. The molecule has 3 aromatic rings. The fourth-order valence-corrected chi connectivity index (χ4v) is 2.31. The monoisotopic (exact) mass is 314 g/mol. The van der Waals surface area contributed by atoms with Crippen molar-refractivity contribution in [3.8, 4) is 11.5 Å². The quantitative estimate of drug-likeness (QED) is 0.733. The third-order valence-corrected chi connectivity index (χ3v) is 3.62. The standard InChI is InChI=1S/C17H15ClN2O2/c1-2-11-6-7-15-14(8-11)20-17(22-15)12-4-3-5-13(9-12)19-16(21)10-18/h3-9H,2,10H2,1H3,(H,19,21). The summed E-state index contributed by atoms with van der Waals surface area (Å²) in [7, 11) is 0. The van der Waals surface area contributed by atoms with E-state index in [-0.39, 0.29) is 11.8 Å². The molecule has 0 bridgehead atoms. The van der Waals surface area contributed by atoms with E-state index in [1.807, 2.05) is 36.4 Å². The number of anilines is 1. The normalized spacial score (nSPS) is 10.8. The highest BCUT2D eigenvalue weighted by Gasteiger charge is 2.10. The summed E-state index contributed by atoms with van der Waals surface area (Å²) in [4.78, 5) is 15.9. The number of halogens is 1. The van der Waals surface area contributed by atoms with Crippen molar-refractivity contribution >= 4 is 34.3 Å². The van der Waals surface area contributed by atoms with Gasteiger partial charge in [0, 0.05) is 11.3 Å². The lowest BCUT2D eigenvalue weighted by Crippen LogP contribution is -2.12. The predicted molar refractivity (Wildman–Crippen MR) is 88.2 cm³/mol. The molecular formula is C17H15ClN2O2. The molecule has 0 saturated heterocycles. The van der Waals surface area contributed by atoms with Crippen molar-refractivity contribution in [2.24, 2.45) is 0 Å². The predicted octanol–water partition coefficient (Wildman–Crippen LogP) is 4.23. The number of carbonyl (C=O) groups is 1. The second kappa shape index (κ2) is 6.20. The minimum absolute atomic E-state index is 0.0765. The number of aromatic nitrogens is 1. The van der Waals surface area contributed by atoms with Crippen LogP contribution in [0.25, 0.3) is 22.6 Å². The van der Waals surface area contributed by atoms with Crippen LogP contribution in [0, 0.1) is 0 Å². The molecule has 0 aliphatic heterocycles. The SMILES string of the molecule is CCc1ccc2oc(-c3cccc(NC(=O)CCl)c3)nc2c1. The van der Waals surface area contributed by atoms with Gasteiger partial charge >= 0.3 is 0 Å². The number of amides is 1. The highest BCUT2D eigenvalue weighted by Crippen LogP contribution is 2.26. The van der Waals surface area contributed by atoms with Gasteiger partial charge in [0.2, 0.25) is 11.8 Å². The molecule has 0 unspecified atom stereocenters. The molecule has 0 fully saturated rings. The van der Waals surface area contributed by atoms with E-state index in [0.717, 1.165) is 23.1 Å². The Morgan fingerprint density at radius 2 is 2.14 bits per heavy atom. The molecule has 2 aromatic carbocycles. The first-order valence-corrected chi connectivity index (χ1v) is 7.58. The van der Waals surface area contributed by atoms with Crippen LogP contribution in [-0.2, 0) is 11.2 Å². The van der Waals surface area contributed by atoms with Crippen LogP contribution in [0.5, 0.6) is 0 Å². The molecule has 0 aliphatic rings. The van der Waals surface area contributed by atoms with Gasteiger partial charge in [-0.25, -0.2) is 4.98 Å². The summed E-state index contributed by atoms with van der Waals surface area (Å²) in [5.74, 6) is 0.210. The summed E-state index contributed by atoms with van der Waals surface area (Å²) in [6.45, 7) is 2.10. The summed E-state index contributed by atoms with van der Waals surface area (Å²) in [6, 6.07) is 13.3. The molecule has 1 N–H and O–H groups in total. The molecule has 0 atom stereocenters. The van der Waals surface area contributed by atoms with Crippen LogP contribution >= 0.6 is 11.6 Å². The van der Waals surface area contributed by atoms with Crippen LogP contribution in [0.1, 0.15) is 12.5 Å². The van der Waals surface area contributed by atoms with E-state index in [9.17, 15) is 4.79 Å². The molecule has 1 aromatic heterocycles. The summed E-state index contributed by atoms with van der Waals surface area (Å²) in [5, 5.41) is 2.71. The summed E-state index contributed by atoms with van der Waals surface area (Å²) < 4.78 is 5.79. The molecule has 3 rings (SSSR count). The molecule has 1 heterocycles. The third-order valence-electron chi connectivity index (χ3n) is 3.37. The van der Waals surface area contributed by atoms with Crippen LogP contribution in [0.3, 0.4) is 0 Å². The number of nitrogens with one attached hydrogen (secondary N) is 1. The Morgan fingerprint density at radius 3 is 2.91 bits per heavy atom. The number of oxazole rings is 1. The van der Waals surface area contributed by atoms with Crippen molar-refractivity contribution < 1.29 is 9.21 Å². The van der Waals surface area contributed by atoms with Gasteiger partial charge in [-0.1, -0.05) is 19.1 Å². The van der Waals surface area contributed by atoms with Gasteiger partial charge in [-0.05, 0) is 42.3 Å². The molecule has 112 valence electrons. The largest absolute Gasteiger partial charge is 0.436 e. The second-order valence-electron chi connectivity index (χ2n) is 4.94. The molecule has 0 radical (unpaired) electrons. The van der Waals surface area contributed by atoms with Gasteiger partial charge in [0.15, 0.2) is 5.58 Å². The Labute approximate surface area is 133 Å². The highest BCUT2D eigenvalue weighted by molar-refractivity contribution is 6.29. The molecule has 22 heavy (non-hydrogen) atoms. The van der Waals surface area contributed by atoms with Crippen molar-refractivity contribution in [2.75, 3.05) is 11.2 Å². The zero-order chi connectivity index (χ0) is 15.5. The number of aryl methyl sites for hydroxylation is 1. The van der Waals surface area contributed by atoms with Gasteiger partial charge in [0.05, 0.1) is 0 Å². The second-order valence-corrected chi connectivity index (χ2v) is 5.20. The number of alkyl halides is 1.